The van der Waals surface area contributed by atoms with Crippen LogP contribution in [-0.2, 0) is 11.3 Å². The number of rotatable bonds is 8. The molecule has 0 saturated carbocycles. The van der Waals surface area contributed by atoms with Crippen LogP contribution in [-0.4, -0.2) is 41.6 Å². The van der Waals surface area contributed by atoms with E-state index < -0.39 is 18.0 Å². The maximum atomic E-state index is 10.9. The van der Waals surface area contributed by atoms with Gasteiger partial charge >= 0.3 is 11.9 Å². The highest BCUT2D eigenvalue weighted by Gasteiger charge is 2.15. The first-order valence-electron chi connectivity index (χ1n) is 7.80. The summed E-state index contributed by atoms with van der Waals surface area (Å²) in [5, 5.41) is 17.8. The van der Waals surface area contributed by atoms with E-state index in [0.29, 0.717) is 18.0 Å². The zero-order chi connectivity index (χ0) is 19.1. The first kappa shape index (κ1) is 19.0. The molecule has 0 aliphatic heterocycles. The maximum absolute atomic E-state index is 10.9. The Morgan fingerprint density at radius 2 is 1.81 bits per heavy atom. The number of carboxylic acids is 2. The molecule has 0 aliphatic rings. The second-order valence-electron chi connectivity index (χ2n) is 5.48. The number of hydrogen-bond donors (Lipinski definition) is 2. The Morgan fingerprint density at radius 1 is 1.12 bits per heavy atom. The van der Waals surface area contributed by atoms with E-state index in [-0.39, 0.29) is 5.56 Å². The molecule has 2 rings (SSSR count). The molecular formula is C19H19NO6. The average Bonchev–Trinajstić information content (AvgIpc) is 2.63. The van der Waals surface area contributed by atoms with E-state index in [2.05, 4.69) is 4.99 Å². The summed E-state index contributed by atoms with van der Waals surface area (Å²) in [5.74, 6) is -1.28. The molecule has 0 aromatic heterocycles. The first-order chi connectivity index (χ1) is 12.4. The Labute approximate surface area is 150 Å². The van der Waals surface area contributed by atoms with Crippen LogP contribution in [0.5, 0.6) is 11.5 Å². The lowest BCUT2D eigenvalue weighted by molar-refractivity contribution is -0.144. The SMILES string of the molecule is COc1cc(C=NCc2ccc(C(=O)O)cc2)ccc1O[C@@H](C)C(=O)O. The number of carbonyl (C=O) groups is 2. The van der Waals surface area contributed by atoms with E-state index >= 15 is 0 Å². The molecule has 0 fully saturated rings. The van der Waals surface area contributed by atoms with Gasteiger partial charge in [0.2, 0.25) is 0 Å². The van der Waals surface area contributed by atoms with Crippen LogP contribution in [0, 0.1) is 0 Å². The van der Waals surface area contributed by atoms with Gasteiger partial charge in [0.15, 0.2) is 17.6 Å². The quantitative estimate of drug-likeness (QED) is 0.704. The number of benzene rings is 2. The number of aliphatic imine (C=N–C) groups is 1. The number of aromatic carboxylic acids is 1. The van der Waals surface area contributed by atoms with Gasteiger partial charge in [0.05, 0.1) is 19.2 Å². The fourth-order valence-electron chi connectivity index (χ4n) is 2.11. The monoisotopic (exact) mass is 357 g/mol. The number of nitrogens with zero attached hydrogens (tertiary/aromatic N) is 1. The zero-order valence-electron chi connectivity index (χ0n) is 14.4. The number of aliphatic carboxylic acids is 1. The Kier molecular flexibility index (Phi) is 6.32. The van der Waals surface area contributed by atoms with Gasteiger partial charge in [-0.25, -0.2) is 9.59 Å². The molecule has 7 nitrogen and oxygen atoms in total. The van der Waals surface area contributed by atoms with Crippen LogP contribution in [0.15, 0.2) is 47.5 Å². The third kappa shape index (κ3) is 5.07. The summed E-state index contributed by atoms with van der Waals surface area (Å²) < 4.78 is 10.6. The molecule has 0 amide bonds. The fraction of sp³-hybridized carbons (Fsp3) is 0.211. The smallest absolute Gasteiger partial charge is 0.344 e. The van der Waals surface area contributed by atoms with Gasteiger partial charge in [-0.1, -0.05) is 12.1 Å². The summed E-state index contributed by atoms with van der Waals surface area (Å²) in [4.78, 5) is 26.0. The summed E-state index contributed by atoms with van der Waals surface area (Å²) >= 11 is 0. The van der Waals surface area contributed by atoms with Crippen molar-refractivity contribution in [3.63, 3.8) is 0 Å². The average molecular weight is 357 g/mol. The van der Waals surface area contributed by atoms with Crippen LogP contribution in [0.3, 0.4) is 0 Å². The zero-order valence-corrected chi connectivity index (χ0v) is 14.4. The number of carboxylic acid groups (broad SMARTS) is 2. The Bertz CT molecular complexity index is 813. The van der Waals surface area contributed by atoms with E-state index in [1.54, 1.807) is 36.5 Å². The van der Waals surface area contributed by atoms with Crippen molar-refractivity contribution >= 4 is 18.2 Å². The van der Waals surface area contributed by atoms with Gasteiger partial charge in [-0.05, 0) is 48.4 Å². The minimum Gasteiger partial charge on any atom is -0.493 e. The largest absolute Gasteiger partial charge is 0.493 e. The van der Waals surface area contributed by atoms with E-state index in [0.717, 1.165) is 11.1 Å². The van der Waals surface area contributed by atoms with Gasteiger partial charge < -0.3 is 19.7 Å². The molecule has 26 heavy (non-hydrogen) atoms. The van der Waals surface area contributed by atoms with Crippen molar-refractivity contribution in [3.8, 4) is 11.5 Å². The lowest BCUT2D eigenvalue weighted by Crippen LogP contribution is -2.23. The Morgan fingerprint density at radius 3 is 2.38 bits per heavy atom. The molecule has 0 heterocycles. The van der Waals surface area contributed by atoms with E-state index in [4.69, 9.17) is 19.7 Å². The normalized spacial score (nSPS) is 11.9. The Balaban J connectivity index is 2.05. The number of hydrogen-bond acceptors (Lipinski definition) is 5. The Hall–Kier alpha value is -3.35. The molecule has 0 spiro atoms. The summed E-state index contributed by atoms with van der Waals surface area (Å²) in [6.07, 6.45) is 0.662. The van der Waals surface area contributed by atoms with Crippen molar-refractivity contribution in [1.29, 1.82) is 0 Å². The maximum Gasteiger partial charge on any atom is 0.344 e. The van der Waals surface area contributed by atoms with Gasteiger partial charge in [0, 0.05) is 6.21 Å². The van der Waals surface area contributed by atoms with Crippen LogP contribution >= 0.6 is 0 Å². The fourth-order valence-corrected chi connectivity index (χ4v) is 2.11. The highest BCUT2D eigenvalue weighted by molar-refractivity contribution is 5.87. The lowest BCUT2D eigenvalue weighted by atomic mass is 10.1. The number of methoxy groups -OCH3 is 1. The lowest BCUT2D eigenvalue weighted by Gasteiger charge is -2.14. The van der Waals surface area contributed by atoms with Gasteiger partial charge in [0.25, 0.3) is 0 Å². The van der Waals surface area contributed by atoms with Crippen molar-refractivity contribution < 1.29 is 29.3 Å². The summed E-state index contributed by atoms with van der Waals surface area (Å²) in [6, 6.07) is 11.6. The van der Waals surface area contributed by atoms with Crippen molar-refractivity contribution in [2.75, 3.05) is 7.11 Å². The molecule has 0 unspecified atom stereocenters. The molecule has 2 aromatic carbocycles. The van der Waals surface area contributed by atoms with Crippen LogP contribution in [0.2, 0.25) is 0 Å². The molecule has 0 radical (unpaired) electrons. The van der Waals surface area contributed by atoms with Crippen LogP contribution in [0.4, 0.5) is 0 Å². The molecule has 0 bridgehead atoms. The second kappa shape index (κ2) is 8.66. The van der Waals surface area contributed by atoms with Crippen molar-refractivity contribution in [2.45, 2.75) is 19.6 Å². The molecule has 2 aromatic rings. The predicted molar refractivity (Wildman–Crippen MR) is 95.4 cm³/mol. The molecule has 7 heteroatoms. The van der Waals surface area contributed by atoms with E-state index in [1.807, 2.05) is 0 Å². The third-order valence-corrected chi connectivity index (χ3v) is 3.55. The van der Waals surface area contributed by atoms with Gasteiger partial charge in [-0.3, -0.25) is 4.99 Å². The molecule has 136 valence electrons. The summed E-state index contributed by atoms with van der Waals surface area (Å²) in [5.41, 5.74) is 1.88. The van der Waals surface area contributed by atoms with Crippen LogP contribution < -0.4 is 9.47 Å². The molecule has 2 N–H and O–H groups in total. The summed E-state index contributed by atoms with van der Waals surface area (Å²) in [7, 11) is 1.47. The molecule has 1 atom stereocenters. The molecule has 0 aliphatic carbocycles. The van der Waals surface area contributed by atoms with Crippen LogP contribution in [0.25, 0.3) is 0 Å². The van der Waals surface area contributed by atoms with Gasteiger partial charge in [-0.2, -0.15) is 0 Å². The van der Waals surface area contributed by atoms with Crippen molar-refractivity contribution in [1.82, 2.24) is 0 Å². The van der Waals surface area contributed by atoms with Crippen molar-refractivity contribution in [2.24, 2.45) is 4.99 Å². The highest BCUT2D eigenvalue weighted by atomic mass is 16.5. The van der Waals surface area contributed by atoms with Gasteiger partial charge in [0.1, 0.15) is 0 Å². The molecule has 0 saturated heterocycles. The minimum atomic E-state index is -1.06. The van der Waals surface area contributed by atoms with Crippen molar-refractivity contribution in [3.05, 3.63) is 59.2 Å². The number of ether oxygens (including phenoxy) is 2. The standard InChI is InChI=1S/C19H19NO6/c1-12(18(21)22)26-16-8-5-14(9-17(16)25-2)11-20-10-13-3-6-15(7-4-13)19(23)24/h3-9,11-12H,10H2,1-2H3,(H,21,22)(H,23,24)/t12-/m0/s1. The van der Waals surface area contributed by atoms with Crippen LogP contribution in [0.1, 0.15) is 28.4 Å². The van der Waals surface area contributed by atoms with E-state index in [1.165, 1.54) is 26.2 Å². The van der Waals surface area contributed by atoms with E-state index in [9.17, 15) is 9.59 Å². The second-order valence-corrected chi connectivity index (χ2v) is 5.48. The minimum absolute atomic E-state index is 0.230. The topological polar surface area (TPSA) is 105 Å². The predicted octanol–water partition coefficient (Wildman–Crippen LogP) is 2.86. The molecular weight excluding hydrogens is 338 g/mol. The first-order valence-corrected chi connectivity index (χ1v) is 7.80. The summed E-state index contributed by atoms with van der Waals surface area (Å²) in [6.45, 7) is 1.84. The van der Waals surface area contributed by atoms with Gasteiger partial charge in [-0.15, -0.1) is 0 Å². The third-order valence-electron chi connectivity index (χ3n) is 3.55. The highest BCUT2D eigenvalue weighted by Crippen LogP contribution is 2.28.